The van der Waals surface area contributed by atoms with Gasteiger partial charge < -0.3 is 48.7 Å². The molecule has 1 unspecified atom stereocenters. The molecule has 6 rings (SSSR count). The Kier molecular flexibility index (Phi) is 12.6. The van der Waals surface area contributed by atoms with Gasteiger partial charge in [0.2, 0.25) is 0 Å². The van der Waals surface area contributed by atoms with Crippen LogP contribution in [0.2, 0.25) is 0 Å². The standard InChI is InChI=1S/C46H59NO16/c1-22(2)17-28(47-41(56)63-42(6,7)8)34(53)40(55)60-35-23(3)33-36(58-24(4)48)38(54)44(11)29(50)20-30-45(21-57-30,61-25(5)49)37(44)39(59-31(51)18-26-15-13-12-14-16-26)46(43(33,9)10)27(35)19-32(52)62-46/h12-16,19,22,28-30,34-37,39,50,53H,17-18,20-21H2,1-11H3,(H,47,56)/t28-,29+,30-,34-,35-,36-,37?,39+,44-,45+,46-/m1/s1. The van der Waals surface area contributed by atoms with E-state index in [-0.39, 0.29) is 48.5 Å². The third-order valence-corrected chi connectivity index (χ3v) is 13.1. The van der Waals surface area contributed by atoms with Crippen molar-refractivity contribution in [3.8, 4) is 0 Å². The number of amides is 1. The van der Waals surface area contributed by atoms with Gasteiger partial charge >= 0.3 is 35.9 Å². The van der Waals surface area contributed by atoms with E-state index in [1.165, 1.54) is 13.8 Å². The summed E-state index contributed by atoms with van der Waals surface area (Å²) >= 11 is 0. The Morgan fingerprint density at radius 3 is 2.16 bits per heavy atom. The Morgan fingerprint density at radius 1 is 0.952 bits per heavy atom. The van der Waals surface area contributed by atoms with E-state index in [2.05, 4.69) is 5.32 Å². The number of nitrogens with one attached hydrogen (secondary N) is 1. The number of ketones is 1. The molecule has 1 aromatic carbocycles. The first-order chi connectivity index (χ1) is 29.2. The van der Waals surface area contributed by atoms with E-state index in [0.29, 0.717) is 5.56 Å². The summed E-state index contributed by atoms with van der Waals surface area (Å²) in [6.45, 7) is 16.5. The van der Waals surface area contributed by atoms with Gasteiger partial charge in [-0.15, -0.1) is 0 Å². The van der Waals surface area contributed by atoms with E-state index in [9.17, 15) is 39.0 Å². The number of rotatable bonds is 11. The van der Waals surface area contributed by atoms with Crippen molar-refractivity contribution in [2.24, 2.45) is 22.7 Å². The molecule has 2 saturated carbocycles. The Labute approximate surface area is 366 Å². The first-order valence-electron chi connectivity index (χ1n) is 21.2. The third-order valence-electron chi connectivity index (χ3n) is 13.1. The third kappa shape index (κ3) is 8.16. The van der Waals surface area contributed by atoms with E-state index in [0.717, 1.165) is 19.9 Å². The maximum atomic E-state index is 15.6. The lowest BCUT2D eigenvalue weighted by Gasteiger charge is -2.67. The number of carbonyl (C=O) groups excluding carboxylic acids is 7. The zero-order valence-corrected chi connectivity index (χ0v) is 37.6. The molecule has 63 heavy (non-hydrogen) atoms. The number of benzene rings is 1. The molecule has 11 atom stereocenters. The Morgan fingerprint density at radius 2 is 1.60 bits per heavy atom. The van der Waals surface area contributed by atoms with Crippen LogP contribution in [-0.2, 0) is 68.3 Å². The molecule has 5 aliphatic rings. The first kappa shape index (κ1) is 47.4. The van der Waals surface area contributed by atoms with Crippen LogP contribution in [0.5, 0.6) is 0 Å². The van der Waals surface area contributed by atoms with Crippen LogP contribution in [0.25, 0.3) is 0 Å². The summed E-state index contributed by atoms with van der Waals surface area (Å²) in [4.78, 5) is 97.6. The Balaban J connectivity index is 1.60. The number of aliphatic hydroxyl groups is 2. The minimum absolute atomic E-state index is 0.00282. The molecule has 3 fully saturated rings. The number of ether oxygens (including phenoxy) is 7. The molecule has 1 saturated heterocycles. The summed E-state index contributed by atoms with van der Waals surface area (Å²) in [7, 11) is 0. The summed E-state index contributed by atoms with van der Waals surface area (Å²) in [5.74, 6) is -7.40. The molecule has 17 heteroatoms. The van der Waals surface area contributed by atoms with Crippen LogP contribution < -0.4 is 5.32 Å². The highest BCUT2D eigenvalue weighted by atomic mass is 16.6. The molecule has 2 heterocycles. The molecule has 344 valence electrons. The van der Waals surface area contributed by atoms with E-state index in [4.69, 9.17) is 33.2 Å². The number of hydrogen-bond acceptors (Lipinski definition) is 16. The van der Waals surface area contributed by atoms with Crippen molar-refractivity contribution >= 4 is 41.7 Å². The SMILES string of the molecule is CC(=O)O[C@H]1C(=O)[C@@]2(C)C([C@H](OC(=O)Cc3ccccc3)[C@]34OC(=O)C=C3[C@H](OC(=O)[C@H](O)[C@@H](CC(C)C)NC(=O)OC(C)(C)C)C(C)=C1C4(C)C)[C@]1(OC(C)=O)CO[C@@H]1C[C@@H]2O. The molecule has 0 radical (unpaired) electrons. The second kappa shape index (κ2) is 16.8. The van der Waals surface area contributed by atoms with Crippen LogP contribution in [0.1, 0.15) is 94.6 Å². The molecular weight excluding hydrogens is 822 g/mol. The predicted molar refractivity (Wildman–Crippen MR) is 219 cm³/mol. The molecule has 3 N–H and O–H groups in total. The van der Waals surface area contributed by atoms with Crippen LogP contribution >= 0.6 is 0 Å². The van der Waals surface area contributed by atoms with E-state index >= 15 is 4.79 Å². The smallest absolute Gasteiger partial charge is 0.407 e. The molecule has 2 bridgehead atoms. The summed E-state index contributed by atoms with van der Waals surface area (Å²) in [5.41, 5.74) is -8.19. The number of alkyl carbamates (subject to hydrolysis) is 1. The molecule has 2 aliphatic heterocycles. The molecule has 1 spiro atoms. The maximum Gasteiger partial charge on any atom is 0.407 e. The number of hydrogen-bond donors (Lipinski definition) is 3. The van der Waals surface area contributed by atoms with Crippen LogP contribution in [0.4, 0.5) is 4.79 Å². The predicted octanol–water partition coefficient (Wildman–Crippen LogP) is 3.53. The second-order valence-electron chi connectivity index (χ2n) is 19.4. The molecule has 17 nitrogen and oxygen atoms in total. The normalized spacial score (nSPS) is 32.7. The lowest BCUT2D eigenvalue weighted by atomic mass is 9.44. The first-order valence-corrected chi connectivity index (χ1v) is 21.2. The number of esters is 5. The molecule has 1 amide bonds. The maximum absolute atomic E-state index is 15.6. The van der Waals surface area contributed by atoms with Crippen molar-refractivity contribution < 1.29 is 76.9 Å². The van der Waals surface area contributed by atoms with Crippen molar-refractivity contribution in [3.05, 3.63) is 58.7 Å². The Hall–Kier alpha value is -5.13. The minimum Gasteiger partial charge on any atom is -0.457 e. The highest BCUT2D eigenvalue weighted by Crippen LogP contribution is 2.67. The average molecular weight is 882 g/mol. The van der Waals surface area contributed by atoms with Crippen molar-refractivity contribution in [3.63, 3.8) is 0 Å². The molecule has 1 aromatic rings. The van der Waals surface area contributed by atoms with Gasteiger partial charge in [0.15, 0.2) is 35.3 Å². The zero-order valence-electron chi connectivity index (χ0n) is 37.6. The van der Waals surface area contributed by atoms with Crippen molar-refractivity contribution in [2.75, 3.05) is 6.61 Å². The Bertz CT molecular complexity index is 2120. The lowest BCUT2D eigenvalue weighted by Crippen LogP contribution is -2.82. The van der Waals surface area contributed by atoms with Crippen LogP contribution in [0.15, 0.2) is 53.1 Å². The number of fused-ring (bicyclic) bond motifs is 4. The van der Waals surface area contributed by atoms with Gasteiger partial charge in [-0.05, 0) is 63.7 Å². The highest BCUT2D eigenvalue weighted by Gasteiger charge is 2.81. The largest absolute Gasteiger partial charge is 0.457 e. The van der Waals surface area contributed by atoms with Crippen molar-refractivity contribution in [1.82, 2.24) is 5.32 Å². The fourth-order valence-corrected chi connectivity index (χ4v) is 10.6. The fraction of sp³-hybridized carbons (Fsp3) is 0.630. The molecular formula is C46H59NO16. The van der Waals surface area contributed by atoms with E-state index in [1.54, 1.807) is 65.0 Å². The number of carbonyl (C=O) groups is 7. The fourth-order valence-electron chi connectivity index (χ4n) is 10.6. The summed E-state index contributed by atoms with van der Waals surface area (Å²) in [6.07, 6.45) is -10.3. The number of Topliss-reactive ketones (excluding diaryl/α,β-unsaturated/α-hetero) is 1. The molecule has 0 aromatic heterocycles. The van der Waals surface area contributed by atoms with Crippen LogP contribution in [0, 0.1) is 22.7 Å². The topological polar surface area (TPSA) is 237 Å². The quantitative estimate of drug-likeness (QED) is 0.164. The number of aliphatic hydroxyl groups excluding tert-OH is 2. The van der Waals surface area contributed by atoms with Crippen LogP contribution in [0.3, 0.4) is 0 Å². The van der Waals surface area contributed by atoms with Gasteiger partial charge in [0.25, 0.3) is 0 Å². The second-order valence-corrected chi connectivity index (χ2v) is 19.4. The summed E-state index contributed by atoms with van der Waals surface area (Å²) < 4.78 is 42.5. The van der Waals surface area contributed by atoms with Gasteiger partial charge in [0.1, 0.15) is 17.8 Å². The van der Waals surface area contributed by atoms with E-state index in [1.807, 2.05) is 13.8 Å². The minimum atomic E-state index is -2.26. The van der Waals surface area contributed by atoms with Gasteiger partial charge in [-0.1, -0.05) is 58.0 Å². The highest BCUT2D eigenvalue weighted by molar-refractivity contribution is 5.97. The van der Waals surface area contributed by atoms with Gasteiger partial charge in [-0.25, -0.2) is 14.4 Å². The lowest BCUT2D eigenvalue weighted by molar-refractivity contribution is -0.343. The van der Waals surface area contributed by atoms with E-state index < -0.39 is 118 Å². The van der Waals surface area contributed by atoms with Crippen molar-refractivity contribution in [2.45, 2.75) is 155 Å². The summed E-state index contributed by atoms with van der Waals surface area (Å²) in [6, 6.07) is 7.34. The zero-order chi connectivity index (χ0) is 46.8. The van der Waals surface area contributed by atoms with Gasteiger partial charge in [0.05, 0.1) is 36.5 Å². The monoisotopic (exact) mass is 881 g/mol. The van der Waals surface area contributed by atoms with Crippen molar-refractivity contribution in [1.29, 1.82) is 0 Å². The summed E-state index contributed by atoms with van der Waals surface area (Å²) in [5, 5.41) is 26.4. The molecule has 3 aliphatic carbocycles. The average Bonchev–Trinajstić information content (AvgIpc) is 3.52. The van der Waals surface area contributed by atoms with Gasteiger partial charge in [0, 0.05) is 37.3 Å². The van der Waals surface area contributed by atoms with Crippen LogP contribution in [-0.4, -0.2) is 118 Å². The van der Waals surface area contributed by atoms with Gasteiger partial charge in [-0.3, -0.25) is 19.2 Å². The van der Waals surface area contributed by atoms with Gasteiger partial charge in [-0.2, -0.15) is 0 Å².